The minimum atomic E-state index is -4.43. The molecule has 8 heteroatoms. The van der Waals surface area contributed by atoms with Crippen LogP contribution in [0.5, 0.6) is 0 Å². The van der Waals surface area contributed by atoms with Crippen molar-refractivity contribution in [1.82, 2.24) is 4.98 Å². The van der Waals surface area contributed by atoms with Gasteiger partial charge in [-0.15, -0.1) is 0 Å². The second kappa shape index (κ2) is 4.37. The van der Waals surface area contributed by atoms with Crippen LogP contribution in [0.15, 0.2) is 24.3 Å². The highest BCUT2D eigenvalue weighted by Crippen LogP contribution is 2.35. The number of halogens is 3. The standard InChI is InChI=1S/C10H4F3N2O2S/c11-10(12,13)7-3-1-6(2-4-7)8-9(15(16)17)14-5-18-8/h1-4H. The predicted octanol–water partition coefficient (Wildman–Crippen LogP) is 3.54. The second-order valence-corrected chi connectivity index (χ2v) is 4.09. The van der Waals surface area contributed by atoms with Crippen molar-refractivity contribution in [3.05, 3.63) is 45.5 Å². The molecule has 18 heavy (non-hydrogen) atoms. The summed E-state index contributed by atoms with van der Waals surface area (Å²) in [5.41, 5.74) is 1.86. The summed E-state index contributed by atoms with van der Waals surface area (Å²) in [7, 11) is 0. The summed E-state index contributed by atoms with van der Waals surface area (Å²) in [5.74, 6) is -0.403. The topological polar surface area (TPSA) is 56.0 Å². The van der Waals surface area contributed by atoms with Crippen LogP contribution in [0.2, 0.25) is 0 Å². The summed E-state index contributed by atoms with van der Waals surface area (Å²) < 4.78 is 37.0. The van der Waals surface area contributed by atoms with E-state index < -0.39 is 22.5 Å². The molecule has 0 saturated heterocycles. The number of thiazole rings is 1. The summed E-state index contributed by atoms with van der Waals surface area (Å²) >= 11 is 0.885. The highest BCUT2D eigenvalue weighted by atomic mass is 32.1. The number of benzene rings is 1. The average molecular weight is 273 g/mol. The van der Waals surface area contributed by atoms with Crippen molar-refractivity contribution in [2.24, 2.45) is 0 Å². The third-order valence-electron chi connectivity index (χ3n) is 2.15. The van der Waals surface area contributed by atoms with Crippen LogP contribution in [0.3, 0.4) is 0 Å². The van der Waals surface area contributed by atoms with E-state index in [4.69, 9.17) is 0 Å². The number of hydrogen-bond donors (Lipinski definition) is 0. The van der Waals surface area contributed by atoms with E-state index in [1.807, 2.05) is 0 Å². The summed E-state index contributed by atoms with van der Waals surface area (Å²) in [5, 5.41) is 10.6. The zero-order valence-corrected chi connectivity index (χ0v) is 9.38. The van der Waals surface area contributed by atoms with Gasteiger partial charge < -0.3 is 10.1 Å². The summed E-state index contributed by atoms with van der Waals surface area (Å²) in [6.07, 6.45) is -4.43. The Balaban J connectivity index is 2.41. The zero-order valence-electron chi connectivity index (χ0n) is 8.56. The lowest BCUT2D eigenvalue weighted by Gasteiger charge is -2.06. The molecule has 93 valence electrons. The van der Waals surface area contributed by atoms with Crippen LogP contribution in [-0.4, -0.2) is 9.91 Å². The highest BCUT2D eigenvalue weighted by molar-refractivity contribution is 7.13. The lowest BCUT2D eigenvalue weighted by atomic mass is 10.1. The molecule has 1 aromatic heterocycles. The Kier molecular flexibility index (Phi) is 3.04. The summed E-state index contributed by atoms with van der Waals surface area (Å²) in [6, 6.07) is 4.10. The molecule has 2 aromatic rings. The molecule has 0 atom stereocenters. The maximum atomic E-state index is 12.3. The Hall–Kier alpha value is -1.96. The molecule has 1 aromatic carbocycles. The molecule has 1 heterocycles. The monoisotopic (exact) mass is 273 g/mol. The van der Waals surface area contributed by atoms with Gasteiger partial charge in [-0.3, -0.25) is 0 Å². The maximum Gasteiger partial charge on any atom is 0.416 e. The highest BCUT2D eigenvalue weighted by Gasteiger charge is 2.30. The fourth-order valence-corrected chi connectivity index (χ4v) is 2.02. The molecule has 2 rings (SSSR count). The fourth-order valence-electron chi connectivity index (χ4n) is 1.33. The molecule has 0 aliphatic carbocycles. The summed E-state index contributed by atoms with van der Waals surface area (Å²) in [6.45, 7) is 0. The minimum Gasteiger partial charge on any atom is -0.358 e. The van der Waals surface area contributed by atoms with Gasteiger partial charge in [0.2, 0.25) is 0 Å². The quantitative estimate of drug-likeness (QED) is 0.621. The minimum absolute atomic E-state index is 0.189. The smallest absolute Gasteiger partial charge is 0.358 e. The van der Waals surface area contributed by atoms with Crippen molar-refractivity contribution in [1.29, 1.82) is 0 Å². The third kappa shape index (κ3) is 2.33. The van der Waals surface area contributed by atoms with E-state index in [0.717, 1.165) is 23.5 Å². The lowest BCUT2D eigenvalue weighted by Crippen LogP contribution is -2.04. The van der Waals surface area contributed by atoms with Crippen LogP contribution in [0.4, 0.5) is 19.0 Å². The van der Waals surface area contributed by atoms with Gasteiger partial charge in [-0.05, 0) is 22.0 Å². The van der Waals surface area contributed by atoms with Crippen LogP contribution >= 0.6 is 11.3 Å². The molecule has 0 saturated carbocycles. The Labute approximate surface area is 103 Å². The first-order chi connectivity index (χ1) is 8.39. The van der Waals surface area contributed by atoms with Crippen LogP contribution in [0.1, 0.15) is 5.56 Å². The average Bonchev–Trinajstić information content (AvgIpc) is 2.77. The van der Waals surface area contributed by atoms with Crippen LogP contribution in [0.25, 0.3) is 10.4 Å². The Morgan fingerprint density at radius 2 is 1.89 bits per heavy atom. The fraction of sp³-hybridized carbons (Fsp3) is 0.100. The van der Waals surface area contributed by atoms with Crippen molar-refractivity contribution < 1.29 is 18.1 Å². The first-order valence-electron chi connectivity index (χ1n) is 4.58. The van der Waals surface area contributed by atoms with E-state index in [2.05, 4.69) is 10.5 Å². The number of alkyl halides is 3. The van der Waals surface area contributed by atoms with E-state index in [9.17, 15) is 23.3 Å². The van der Waals surface area contributed by atoms with E-state index in [1.165, 1.54) is 12.1 Å². The molecule has 0 aliphatic rings. The Bertz CT molecular complexity index is 578. The number of nitro groups is 1. The molecular weight excluding hydrogens is 269 g/mol. The molecule has 0 bridgehead atoms. The molecule has 0 aliphatic heterocycles. The van der Waals surface area contributed by atoms with E-state index in [1.54, 1.807) is 0 Å². The number of hydrogen-bond acceptors (Lipinski definition) is 4. The molecule has 4 nitrogen and oxygen atoms in total. The zero-order chi connectivity index (χ0) is 13.3. The third-order valence-corrected chi connectivity index (χ3v) is 2.95. The molecule has 0 unspecified atom stereocenters. The van der Waals surface area contributed by atoms with Crippen molar-refractivity contribution in [3.8, 4) is 10.4 Å². The second-order valence-electron chi connectivity index (χ2n) is 3.29. The molecule has 0 N–H and O–H groups in total. The maximum absolute atomic E-state index is 12.3. The van der Waals surface area contributed by atoms with Gasteiger partial charge in [0, 0.05) is 5.56 Å². The molecule has 0 spiro atoms. The molecular formula is C10H4F3N2O2S. The van der Waals surface area contributed by atoms with Gasteiger partial charge in [-0.2, -0.15) is 13.2 Å². The van der Waals surface area contributed by atoms with Gasteiger partial charge in [0.1, 0.15) is 4.88 Å². The molecule has 0 amide bonds. The number of aromatic nitrogens is 1. The SMILES string of the molecule is O=[N+]([O-])c1n[c]sc1-c1ccc(C(F)(F)F)cc1. The van der Waals surface area contributed by atoms with Gasteiger partial charge in [0.15, 0.2) is 0 Å². The summed E-state index contributed by atoms with van der Waals surface area (Å²) in [4.78, 5) is 13.6. The number of rotatable bonds is 2. The van der Waals surface area contributed by atoms with E-state index >= 15 is 0 Å². The first-order valence-corrected chi connectivity index (χ1v) is 5.40. The van der Waals surface area contributed by atoms with Gasteiger partial charge in [-0.1, -0.05) is 23.5 Å². The van der Waals surface area contributed by atoms with E-state index in [-0.39, 0.29) is 4.88 Å². The van der Waals surface area contributed by atoms with Gasteiger partial charge >= 0.3 is 12.0 Å². The van der Waals surface area contributed by atoms with Crippen molar-refractivity contribution in [3.63, 3.8) is 0 Å². The van der Waals surface area contributed by atoms with Crippen molar-refractivity contribution >= 4 is 17.2 Å². The van der Waals surface area contributed by atoms with E-state index in [0.29, 0.717) is 5.56 Å². The van der Waals surface area contributed by atoms with Crippen molar-refractivity contribution in [2.75, 3.05) is 0 Å². The van der Waals surface area contributed by atoms with Crippen LogP contribution in [0, 0.1) is 15.6 Å². The first kappa shape index (κ1) is 12.5. The Morgan fingerprint density at radius 3 is 2.39 bits per heavy atom. The molecule has 1 radical (unpaired) electrons. The van der Waals surface area contributed by atoms with Crippen molar-refractivity contribution in [2.45, 2.75) is 6.18 Å². The van der Waals surface area contributed by atoms with Gasteiger partial charge in [0.05, 0.1) is 5.56 Å². The van der Waals surface area contributed by atoms with Crippen LogP contribution < -0.4 is 0 Å². The Morgan fingerprint density at radius 1 is 1.28 bits per heavy atom. The lowest BCUT2D eigenvalue weighted by molar-refractivity contribution is -0.388. The van der Waals surface area contributed by atoms with Gasteiger partial charge in [-0.25, -0.2) is 0 Å². The number of nitrogens with zero attached hydrogens (tertiary/aromatic N) is 2. The van der Waals surface area contributed by atoms with Crippen LogP contribution in [-0.2, 0) is 6.18 Å². The normalized spacial score (nSPS) is 11.5. The molecule has 0 fully saturated rings. The predicted molar refractivity (Wildman–Crippen MR) is 58.0 cm³/mol. The van der Waals surface area contributed by atoms with Gasteiger partial charge in [0.25, 0.3) is 5.51 Å². The largest absolute Gasteiger partial charge is 0.416 e.